The van der Waals surface area contributed by atoms with E-state index in [0.29, 0.717) is 39.3 Å². The smallest absolute Gasteiger partial charge is 0.265 e. The zero-order valence-corrected chi connectivity index (χ0v) is 16.7. The van der Waals surface area contributed by atoms with E-state index in [1.165, 1.54) is 6.07 Å². The number of halogens is 2. The fourth-order valence-corrected chi connectivity index (χ4v) is 3.36. The second-order valence-corrected chi connectivity index (χ2v) is 7.33. The van der Waals surface area contributed by atoms with Crippen molar-refractivity contribution < 1.29 is 14.3 Å². The Kier molecular flexibility index (Phi) is 5.43. The summed E-state index contributed by atoms with van der Waals surface area (Å²) in [5.74, 6) is 0.114. The zero-order chi connectivity index (χ0) is 20.4. The monoisotopic (exact) mass is 426 g/mol. The Morgan fingerprint density at radius 3 is 2.55 bits per heavy atom. The fourth-order valence-electron chi connectivity index (χ4n) is 3.06. The summed E-state index contributed by atoms with van der Waals surface area (Å²) in [7, 11) is 0. The van der Waals surface area contributed by atoms with Gasteiger partial charge in [0.1, 0.15) is 5.75 Å². The highest BCUT2D eigenvalue weighted by Crippen LogP contribution is 2.35. The van der Waals surface area contributed by atoms with Crippen LogP contribution in [0.3, 0.4) is 0 Å². The highest BCUT2D eigenvalue weighted by atomic mass is 35.5. The van der Waals surface area contributed by atoms with E-state index >= 15 is 0 Å². The predicted molar refractivity (Wildman–Crippen MR) is 114 cm³/mol. The van der Waals surface area contributed by atoms with Crippen LogP contribution in [0.5, 0.6) is 5.75 Å². The van der Waals surface area contributed by atoms with Crippen LogP contribution in [0.2, 0.25) is 10.0 Å². The Morgan fingerprint density at radius 2 is 1.79 bits per heavy atom. The molecule has 0 atom stereocenters. The van der Waals surface area contributed by atoms with Gasteiger partial charge in [0.15, 0.2) is 6.61 Å². The van der Waals surface area contributed by atoms with E-state index in [2.05, 4.69) is 5.32 Å². The molecule has 1 N–H and O–H groups in total. The van der Waals surface area contributed by atoms with Gasteiger partial charge in [-0.3, -0.25) is 9.59 Å². The molecule has 0 saturated heterocycles. The fraction of sp³-hybridized carbons (Fsp3) is 0.0909. The van der Waals surface area contributed by atoms with Gasteiger partial charge in [0, 0.05) is 11.3 Å². The summed E-state index contributed by atoms with van der Waals surface area (Å²) in [6.45, 7) is 0.398. The molecule has 0 bridgehead atoms. The highest BCUT2D eigenvalue weighted by Gasteiger charge is 2.26. The number of hydrogen-bond donors (Lipinski definition) is 1. The number of rotatable bonds is 4. The van der Waals surface area contributed by atoms with Crippen molar-refractivity contribution in [2.24, 2.45) is 0 Å². The average Bonchev–Trinajstić information content (AvgIpc) is 2.73. The van der Waals surface area contributed by atoms with Crippen LogP contribution in [0.15, 0.2) is 66.7 Å². The number of carbonyl (C=O) groups is 2. The van der Waals surface area contributed by atoms with Crippen molar-refractivity contribution in [2.75, 3.05) is 16.8 Å². The standard InChI is InChI=1S/C22H16Cl2N2O3/c23-17-8-6-15(10-18(17)24)22(28)25-16-7-9-20-19(11-16)26(21(27)13-29-20)12-14-4-2-1-3-5-14/h1-11H,12-13H2,(H,25,28). The molecule has 4 rings (SSSR count). The minimum absolute atomic E-state index is 0.0190. The van der Waals surface area contributed by atoms with Crippen molar-refractivity contribution in [2.45, 2.75) is 6.54 Å². The van der Waals surface area contributed by atoms with E-state index in [1.807, 2.05) is 30.3 Å². The van der Waals surface area contributed by atoms with Gasteiger partial charge in [-0.1, -0.05) is 53.5 Å². The van der Waals surface area contributed by atoms with Crippen LogP contribution in [0.4, 0.5) is 11.4 Å². The number of amides is 2. The third-order valence-electron chi connectivity index (χ3n) is 4.53. The molecule has 3 aromatic rings. The van der Waals surface area contributed by atoms with E-state index in [4.69, 9.17) is 27.9 Å². The number of benzene rings is 3. The molecule has 0 unspecified atom stereocenters. The molecule has 3 aromatic carbocycles. The lowest BCUT2D eigenvalue weighted by atomic mass is 10.1. The molecule has 7 heteroatoms. The molecule has 0 aromatic heterocycles. The molecule has 1 heterocycles. The lowest BCUT2D eigenvalue weighted by Gasteiger charge is -2.30. The molecule has 0 aliphatic carbocycles. The molecule has 0 saturated carbocycles. The summed E-state index contributed by atoms with van der Waals surface area (Å²) in [6, 6.07) is 19.6. The molecule has 29 heavy (non-hydrogen) atoms. The first-order valence-electron chi connectivity index (χ1n) is 8.89. The molecule has 1 aliphatic rings. The number of nitrogens with zero attached hydrogens (tertiary/aromatic N) is 1. The largest absolute Gasteiger partial charge is 0.482 e. The first-order chi connectivity index (χ1) is 14.0. The Morgan fingerprint density at radius 1 is 1.00 bits per heavy atom. The Balaban J connectivity index is 1.60. The summed E-state index contributed by atoms with van der Waals surface area (Å²) >= 11 is 11.9. The molecule has 1 aliphatic heterocycles. The number of anilines is 2. The average molecular weight is 427 g/mol. The number of nitrogens with one attached hydrogen (secondary N) is 1. The van der Waals surface area contributed by atoms with Crippen LogP contribution in [0, 0.1) is 0 Å². The first kappa shape index (κ1) is 19.3. The van der Waals surface area contributed by atoms with Crippen LogP contribution < -0.4 is 15.0 Å². The third kappa shape index (κ3) is 4.21. The molecule has 0 spiro atoms. The quantitative estimate of drug-likeness (QED) is 0.625. The Hall–Kier alpha value is -3.02. The van der Waals surface area contributed by atoms with Crippen LogP contribution in [0.25, 0.3) is 0 Å². The lowest BCUT2D eigenvalue weighted by molar-refractivity contribution is -0.121. The molecule has 0 fully saturated rings. The van der Waals surface area contributed by atoms with Crippen molar-refractivity contribution in [3.8, 4) is 5.75 Å². The molecular weight excluding hydrogens is 411 g/mol. The predicted octanol–water partition coefficient (Wildman–Crippen LogP) is 5.17. The van der Waals surface area contributed by atoms with E-state index in [1.54, 1.807) is 35.2 Å². The number of hydrogen-bond acceptors (Lipinski definition) is 3. The molecular formula is C22H16Cl2N2O3. The first-order valence-corrected chi connectivity index (χ1v) is 9.64. The van der Waals surface area contributed by atoms with Gasteiger partial charge in [-0.25, -0.2) is 0 Å². The highest BCUT2D eigenvalue weighted by molar-refractivity contribution is 6.42. The van der Waals surface area contributed by atoms with E-state index in [-0.39, 0.29) is 18.4 Å². The maximum Gasteiger partial charge on any atom is 0.265 e. The van der Waals surface area contributed by atoms with Gasteiger partial charge in [-0.15, -0.1) is 0 Å². The van der Waals surface area contributed by atoms with Gasteiger partial charge < -0.3 is 15.0 Å². The van der Waals surface area contributed by atoms with Crippen molar-refractivity contribution in [3.05, 3.63) is 87.9 Å². The lowest BCUT2D eigenvalue weighted by Crippen LogP contribution is -2.38. The molecule has 146 valence electrons. The summed E-state index contributed by atoms with van der Waals surface area (Å²) in [5.41, 5.74) is 2.53. The molecule has 2 amide bonds. The van der Waals surface area contributed by atoms with Crippen LogP contribution >= 0.6 is 23.2 Å². The van der Waals surface area contributed by atoms with Crippen molar-refractivity contribution in [3.63, 3.8) is 0 Å². The second-order valence-electron chi connectivity index (χ2n) is 6.52. The Bertz CT molecular complexity index is 1090. The maximum atomic E-state index is 12.6. The SMILES string of the molecule is O=C(Nc1ccc2c(c1)N(Cc1ccccc1)C(=O)CO2)c1ccc(Cl)c(Cl)c1. The van der Waals surface area contributed by atoms with Crippen LogP contribution in [0.1, 0.15) is 15.9 Å². The van der Waals surface area contributed by atoms with Gasteiger partial charge in [-0.2, -0.15) is 0 Å². The molecule has 5 nitrogen and oxygen atoms in total. The van der Waals surface area contributed by atoms with E-state index < -0.39 is 0 Å². The second kappa shape index (κ2) is 8.15. The Labute approximate surface area is 177 Å². The van der Waals surface area contributed by atoms with Gasteiger partial charge >= 0.3 is 0 Å². The summed E-state index contributed by atoms with van der Waals surface area (Å²) < 4.78 is 5.54. The zero-order valence-electron chi connectivity index (χ0n) is 15.2. The van der Waals surface area contributed by atoms with Gasteiger partial charge in [-0.05, 0) is 42.0 Å². The van der Waals surface area contributed by atoms with E-state index in [9.17, 15) is 9.59 Å². The van der Waals surface area contributed by atoms with Gasteiger partial charge in [0.25, 0.3) is 11.8 Å². The van der Waals surface area contributed by atoms with Gasteiger partial charge in [0.2, 0.25) is 0 Å². The summed E-state index contributed by atoms with van der Waals surface area (Å²) in [5, 5.41) is 3.50. The van der Waals surface area contributed by atoms with Crippen molar-refractivity contribution >= 4 is 46.4 Å². The minimum Gasteiger partial charge on any atom is -0.482 e. The maximum absolute atomic E-state index is 12.6. The van der Waals surface area contributed by atoms with Crippen molar-refractivity contribution in [1.29, 1.82) is 0 Å². The topological polar surface area (TPSA) is 58.6 Å². The number of ether oxygens (including phenoxy) is 1. The third-order valence-corrected chi connectivity index (χ3v) is 5.26. The van der Waals surface area contributed by atoms with Crippen LogP contribution in [-0.2, 0) is 11.3 Å². The van der Waals surface area contributed by atoms with Crippen LogP contribution in [-0.4, -0.2) is 18.4 Å². The van der Waals surface area contributed by atoms with Crippen molar-refractivity contribution in [1.82, 2.24) is 0 Å². The number of carbonyl (C=O) groups excluding carboxylic acids is 2. The number of fused-ring (bicyclic) bond motifs is 1. The van der Waals surface area contributed by atoms with Gasteiger partial charge in [0.05, 0.1) is 22.3 Å². The summed E-state index contributed by atoms with van der Waals surface area (Å²) in [4.78, 5) is 26.7. The van der Waals surface area contributed by atoms with E-state index in [0.717, 1.165) is 5.56 Å². The molecule has 0 radical (unpaired) electrons. The summed E-state index contributed by atoms with van der Waals surface area (Å²) in [6.07, 6.45) is 0. The minimum atomic E-state index is -0.332. The normalized spacial score (nSPS) is 12.9.